The summed E-state index contributed by atoms with van der Waals surface area (Å²) in [6.07, 6.45) is 1.52. The smallest absolute Gasteiger partial charge is 0.423 e. The number of piperidine rings is 1. The Bertz CT molecular complexity index is 1530. The molecule has 13 nitrogen and oxygen atoms in total. The average molecular weight is 647 g/mol. The minimum atomic E-state index is -4.95. The van der Waals surface area contributed by atoms with Crippen LogP contribution in [0.4, 0.5) is 24.8 Å². The van der Waals surface area contributed by atoms with Gasteiger partial charge in [-0.1, -0.05) is 19.1 Å². The number of nitrogens with zero attached hydrogens (tertiary/aromatic N) is 5. The summed E-state index contributed by atoms with van der Waals surface area (Å²) in [5, 5.41) is 6.51. The van der Waals surface area contributed by atoms with Crippen LogP contribution < -0.4 is 31.4 Å². The van der Waals surface area contributed by atoms with Gasteiger partial charge in [-0.05, 0) is 49.4 Å². The number of aryl methyl sites for hydroxylation is 1. The molecule has 248 valence electrons. The fourth-order valence-corrected chi connectivity index (χ4v) is 4.83. The summed E-state index contributed by atoms with van der Waals surface area (Å²) in [6.45, 7) is 3.94. The number of anilines is 2. The summed E-state index contributed by atoms with van der Waals surface area (Å²) in [5.41, 5.74) is 3.10. The van der Waals surface area contributed by atoms with Crippen LogP contribution in [0.2, 0.25) is 0 Å². The van der Waals surface area contributed by atoms with E-state index in [1.54, 1.807) is 36.7 Å². The van der Waals surface area contributed by atoms with Crippen LogP contribution in [0.3, 0.4) is 0 Å². The number of benzene rings is 1. The molecule has 1 saturated heterocycles. The Balaban J connectivity index is 1.21. The van der Waals surface area contributed by atoms with Crippen molar-refractivity contribution in [3.8, 4) is 5.75 Å². The van der Waals surface area contributed by atoms with Gasteiger partial charge in [-0.25, -0.2) is 14.6 Å². The minimum Gasteiger partial charge on any atom is -0.497 e. The number of rotatable bonds is 12. The van der Waals surface area contributed by atoms with Gasteiger partial charge in [0.1, 0.15) is 17.9 Å². The highest BCUT2D eigenvalue weighted by atomic mass is 19.4. The number of amides is 2. The van der Waals surface area contributed by atoms with Gasteiger partial charge in [0.25, 0.3) is 11.5 Å². The van der Waals surface area contributed by atoms with Crippen LogP contribution >= 0.6 is 0 Å². The second-order valence-electron chi connectivity index (χ2n) is 10.8. The van der Waals surface area contributed by atoms with E-state index in [4.69, 9.17) is 9.47 Å². The van der Waals surface area contributed by atoms with Crippen molar-refractivity contribution < 1.29 is 32.2 Å². The lowest BCUT2D eigenvalue weighted by Gasteiger charge is -2.31. The number of ether oxygens (including phenoxy) is 2. The minimum absolute atomic E-state index is 0.168. The van der Waals surface area contributed by atoms with Crippen molar-refractivity contribution in [2.75, 3.05) is 43.6 Å². The molecule has 1 aromatic carbocycles. The molecule has 0 radical (unpaired) electrons. The van der Waals surface area contributed by atoms with E-state index in [2.05, 4.69) is 31.2 Å². The number of carbonyl (C=O) groups is 2. The second-order valence-corrected chi connectivity index (χ2v) is 10.8. The predicted octanol–water partition coefficient (Wildman–Crippen LogP) is 2.55. The van der Waals surface area contributed by atoms with Gasteiger partial charge in [-0.2, -0.15) is 18.3 Å². The van der Waals surface area contributed by atoms with E-state index in [1.165, 1.54) is 14.0 Å². The maximum absolute atomic E-state index is 13.9. The molecule has 1 unspecified atom stereocenters. The Morgan fingerprint density at radius 3 is 2.33 bits per heavy atom. The Morgan fingerprint density at radius 1 is 1.04 bits per heavy atom. The summed E-state index contributed by atoms with van der Waals surface area (Å²) in [6, 6.07) is 5.78. The molecule has 0 spiro atoms. The van der Waals surface area contributed by atoms with Crippen molar-refractivity contribution in [1.82, 2.24) is 30.6 Å². The molecule has 1 aliphatic rings. The number of nitrogens with one attached hydrogen (secondary N) is 3. The summed E-state index contributed by atoms with van der Waals surface area (Å²) in [4.78, 5) is 48.3. The molecule has 1 aliphatic heterocycles. The van der Waals surface area contributed by atoms with Crippen molar-refractivity contribution >= 4 is 23.5 Å². The van der Waals surface area contributed by atoms with E-state index in [9.17, 15) is 27.6 Å². The third-order valence-corrected chi connectivity index (χ3v) is 7.40. The van der Waals surface area contributed by atoms with E-state index in [1.807, 2.05) is 11.8 Å². The van der Waals surface area contributed by atoms with Gasteiger partial charge in [-0.15, -0.1) is 0 Å². The molecule has 0 aliphatic carbocycles. The van der Waals surface area contributed by atoms with Gasteiger partial charge in [-0.3, -0.25) is 25.2 Å². The van der Waals surface area contributed by atoms with E-state index in [0.29, 0.717) is 43.2 Å². The van der Waals surface area contributed by atoms with E-state index >= 15 is 0 Å². The summed E-state index contributed by atoms with van der Waals surface area (Å²) < 4.78 is 52.9. The fourth-order valence-electron chi connectivity index (χ4n) is 4.83. The van der Waals surface area contributed by atoms with Crippen molar-refractivity contribution in [1.29, 1.82) is 0 Å². The lowest BCUT2D eigenvalue weighted by molar-refractivity contribution is -0.138. The van der Waals surface area contributed by atoms with Crippen LogP contribution in [0, 0.1) is 5.92 Å². The van der Waals surface area contributed by atoms with Crippen molar-refractivity contribution in [3.05, 3.63) is 69.9 Å². The van der Waals surface area contributed by atoms with Gasteiger partial charge in [0, 0.05) is 37.4 Å². The van der Waals surface area contributed by atoms with Crippen LogP contribution in [-0.4, -0.2) is 71.0 Å². The number of hydrazine groups is 1. The monoisotopic (exact) mass is 646 g/mol. The first kappa shape index (κ1) is 34.1. The Hall–Kier alpha value is -4.73. The fraction of sp³-hybridized carbons (Fsp3) is 0.467. The van der Waals surface area contributed by atoms with E-state index < -0.39 is 41.5 Å². The summed E-state index contributed by atoms with van der Waals surface area (Å²) >= 11 is 0. The van der Waals surface area contributed by atoms with Gasteiger partial charge in [0.05, 0.1) is 32.1 Å². The van der Waals surface area contributed by atoms with E-state index in [-0.39, 0.29) is 25.0 Å². The zero-order chi connectivity index (χ0) is 33.3. The molecular weight excluding hydrogens is 609 g/mol. The number of hydrogen-bond donors (Lipinski definition) is 3. The number of carbonyl (C=O) groups excluding carboxylic acids is 2. The molecule has 1 fully saturated rings. The summed E-state index contributed by atoms with van der Waals surface area (Å²) in [7, 11) is 1.49. The number of methoxy groups -OCH3 is 1. The molecule has 3 heterocycles. The SMILES string of the molecule is CCc1cnc(N2CCC(C(=O)NNC(=O)COCC(C)Nc3cnn(Cc4ccc(OC)cc4)c(=O)c3C(F)(F)F)CC2)nc1. The van der Waals surface area contributed by atoms with Gasteiger partial charge in [0.15, 0.2) is 0 Å². The first-order valence-corrected chi connectivity index (χ1v) is 14.8. The number of aromatic nitrogens is 4. The zero-order valence-corrected chi connectivity index (χ0v) is 25.8. The van der Waals surface area contributed by atoms with Crippen LogP contribution in [0.5, 0.6) is 5.75 Å². The topological polar surface area (TPSA) is 153 Å². The second kappa shape index (κ2) is 15.5. The predicted molar refractivity (Wildman–Crippen MR) is 162 cm³/mol. The number of halogens is 3. The Kier molecular flexibility index (Phi) is 11.5. The standard InChI is InChI=1S/C30H37F3N8O5/c1-4-20-13-34-29(35-14-20)40-11-9-22(10-12-40)27(43)39-38-25(42)18-46-17-19(2)37-24-15-36-41(28(44)26(24)30(31,32)33)16-21-5-7-23(45-3)8-6-21/h5-8,13-15,19,22,37H,4,9-12,16-18H2,1-3H3,(H,38,42)(H,39,43). The normalized spacial score (nSPS) is 14.4. The van der Waals surface area contributed by atoms with Gasteiger partial charge in [0.2, 0.25) is 11.9 Å². The molecular formula is C30H37F3N8O5. The molecule has 16 heteroatoms. The first-order valence-electron chi connectivity index (χ1n) is 14.8. The molecule has 4 rings (SSSR count). The van der Waals surface area contributed by atoms with Crippen LogP contribution in [0.1, 0.15) is 43.4 Å². The molecule has 0 saturated carbocycles. The van der Waals surface area contributed by atoms with Crippen LogP contribution in [0.15, 0.2) is 47.7 Å². The number of alkyl halides is 3. The maximum atomic E-state index is 13.9. The lowest BCUT2D eigenvalue weighted by atomic mass is 9.96. The third kappa shape index (κ3) is 9.15. The third-order valence-electron chi connectivity index (χ3n) is 7.40. The molecule has 0 bridgehead atoms. The summed E-state index contributed by atoms with van der Waals surface area (Å²) in [5.74, 6) is -0.0970. The van der Waals surface area contributed by atoms with Gasteiger partial charge >= 0.3 is 6.18 Å². The molecule has 3 aromatic rings. The highest BCUT2D eigenvalue weighted by Crippen LogP contribution is 2.32. The highest BCUT2D eigenvalue weighted by molar-refractivity contribution is 5.84. The zero-order valence-electron chi connectivity index (χ0n) is 25.8. The highest BCUT2D eigenvalue weighted by Gasteiger charge is 2.38. The maximum Gasteiger partial charge on any atom is 0.423 e. The van der Waals surface area contributed by atoms with Crippen molar-refractivity contribution in [3.63, 3.8) is 0 Å². The van der Waals surface area contributed by atoms with E-state index in [0.717, 1.165) is 22.9 Å². The average Bonchev–Trinajstić information content (AvgIpc) is 3.04. The van der Waals surface area contributed by atoms with Crippen LogP contribution in [0.25, 0.3) is 0 Å². The Labute approximate surface area is 263 Å². The largest absolute Gasteiger partial charge is 0.497 e. The van der Waals surface area contributed by atoms with Crippen molar-refractivity contribution in [2.45, 2.75) is 51.9 Å². The lowest BCUT2D eigenvalue weighted by Crippen LogP contribution is -2.48. The molecule has 1 atom stereocenters. The molecule has 2 aromatic heterocycles. The Morgan fingerprint density at radius 2 is 1.72 bits per heavy atom. The molecule has 2 amide bonds. The first-order chi connectivity index (χ1) is 22.0. The van der Waals surface area contributed by atoms with Crippen molar-refractivity contribution in [2.24, 2.45) is 5.92 Å². The number of hydrogen-bond acceptors (Lipinski definition) is 10. The van der Waals surface area contributed by atoms with Crippen LogP contribution in [-0.2, 0) is 33.5 Å². The van der Waals surface area contributed by atoms with Gasteiger partial charge < -0.3 is 19.7 Å². The molecule has 3 N–H and O–H groups in total. The quantitative estimate of drug-likeness (QED) is 0.250. The molecule has 46 heavy (non-hydrogen) atoms.